The van der Waals surface area contributed by atoms with Gasteiger partial charge in [0.05, 0.1) is 5.56 Å². The van der Waals surface area contributed by atoms with Gasteiger partial charge in [-0.25, -0.2) is 13.6 Å². The second kappa shape index (κ2) is 5.52. The summed E-state index contributed by atoms with van der Waals surface area (Å²) in [7, 11) is 1.96. The number of likely N-dealkylation sites (N-methyl/N-ethyl adjacent to an activating group) is 1. The van der Waals surface area contributed by atoms with Crippen molar-refractivity contribution in [2.24, 2.45) is 0 Å². The van der Waals surface area contributed by atoms with E-state index in [2.05, 4.69) is 4.90 Å². The lowest BCUT2D eigenvalue weighted by molar-refractivity contribution is 0.0696. The predicted octanol–water partition coefficient (Wildman–Crippen LogP) is 1.80. The van der Waals surface area contributed by atoms with Gasteiger partial charge in [0.25, 0.3) is 0 Å². The lowest BCUT2D eigenvalue weighted by atomic mass is 10.1. The Hall–Kier alpha value is -1.69. The van der Waals surface area contributed by atoms with E-state index in [-0.39, 0.29) is 11.3 Å². The summed E-state index contributed by atoms with van der Waals surface area (Å²) in [5, 5.41) is 8.76. The SMILES string of the molecule is CN1CCCN(c2c(F)cc(C(=O)O)cc2F)CC1. The monoisotopic (exact) mass is 270 g/mol. The average Bonchev–Trinajstić information content (AvgIpc) is 2.53. The number of carboxylic acid groups (broad SMARTS) is 1. The Balaban J connectivity index is 2.31. The van der Waals surface area contributed by atoms with Crippen LogP contribution in [0.4, 0.5) is 14.5 Å². The number of nitrogens with zero attached hydrogens (tertiary/aromatic N) is 2. The van der Waals surface area contributed by atoms with Crippen LogP contribution >= 0.6 is 0 Å². The molecular weight excluding hydrogens is 254 g/mol. The van der Waals surface area contributed by atoms with Crippen molar-refractivity contribution in [1.82, 2.24) is 4.90 Å². The lowest BCUT2D eigenvalue weighted by Gasteiger charge is -2.24. The fourth-order valence-corrected chi connectivity index (χ4v) is 2.26. The van der Waals surface area contributed by atoms with Gasteiger partial charge in [-0.15, -0.1) is 0 Å². The van der Waals surface area contributed by atoms with E-state index in [1.165, 1.54) is 0 Å². The number of hydrogen-bond donors (Lipinski definition) is 1. The number of rotatable bonds is 2. The van der Waals surface area contributed by atoms with Gasteiger partial charge in [-0.2, -0.15) is 0 Å². The fourth-order valence-electron chi connectivity index (χ4n) is 2.26. The maximum Gasteiger partial charge on any atom is 0.335 e. The standard InChI is InChI=1S/C13H16F2N2O2/c1-16-3-2-4-17(6-5-16)12-10(14)7-9(13(18)19)8-11(12)15/h7-8H,2-6H2,1H3,(H,18,19). The number of anilines is 1. The highest BCUT2D eigenvalue weighted by Gasteiger charge is 2.21. The van der Waals surface area contributed by atoms with Gasteiger partial charge in [-0.1, -0.05) is 0 Å². The average molecular weight is 270 g/mol. The normalized spacial score (nSPS) is 17.3. The molecule has 1 aromatic carbocycles. The molecule has 1 aliphatic heterocycles. The predicted molar refractivity (Wildman–Crippen MR) is 67.6 cm³/mol. The zero-order valence-electron chi connectivity index (χ0n) is 10.7. The number of benzene rings is 1. The molecule has 1 N–H and O–H groups in total. The molecule has 0 atom stereocenters. The summed E-state index contributed by atoms with van der Waals surface area (Å²) in [6, 6.07) is 1.74. The van der Waals surface area contributed by atoms with E-state index in [0.29, 0.717) is 13.1 Å². The maximum atomic E-state index is 13.9. The van der Waals surface area contributed by atoms with Crippen molar-refractivity contribution in [3.8, 4) is 0 Å². The Kier molecular flexibility index (Phi) is 3.99. The third-order valence-electron chi connectivity index (χ3n) is 3.30. The molecule has 0 bridgehead atoms. The van der Waals surface area contributed by atoms with Gasteiger partial charge in [0.1, 0.15) is 17.3 Å². The van der Waals surface area contributed by atoms with Crippen LogP contribution in [-0.4, -0.2) is 49.2 Å². The minimum absolute atomic E-state index is 0.125. The van der Waals surface area contributed by atoms with Crippen molar-refractivity contribution in [3.63, 3.8) is 0 Å². The molecule has 2 rings (SSSR count). The summed E-state index contributed by atoms with van der Waals surface area (Å²) in [4.78, 5) is 14.5. The summed E-state index contributed by atoms with van der Waals surface area (Å²) in [5.74, 6) is -2.97. The van der Waals surface area contributed by atoms with Gasteiger partial charge in [0.15, 0.2) is 0 Å². The molecule has 19 heavy (non-hydrogen) atoms. The highest BCUT2D eigenvalue weighted by Crippen LogP contribution is 2.26. The molecule has 0 aliphatic carbocycles. The summed E-state index contributed by atoms with van der Waals surface area (Å²) < 4.78 is 27.9. The summed E-state index contributed by atoms with van der Waals surface area (Å²) in [6.45, 7) is 2.69. The van der Waals surface area contributed by atoms with E-state index in [9.17, 15) is 13.6 Å². The molecule has 0 saturated carbocycles. The van der Waals surface area contributed by atoms with Crippen LogP contribution in [0.1, 0.15) is 16.8 Å². The smallest absolute Gasteiger partial charge is 0.335 e. The van der Waals surface area contributed by atoms with Crippen LogP contribution in [0.25, 0.3) is 0 Å². The van der Waals surface area contributed by atoms with Gasteiger partial charge < -0.3 is 14.9 Å². The van der Waals surface area contributed by atoms with Gasteiger partial charge in [0, 0.05) is 19.6 Å². The van der Waals surface area contributed by atoms with Crippen LogP contribution < -0.4 is 4.90 Å². The minimum atomic E-state index is -1.33. The molecule has 1 heterocycles. The van der Waals surface area contributed by atoms with Crippen molar-refractivity contribution in [1.29, 1.82) is 0 Å². The van der Waals surface area contributed by atoms with E-state index in [1.807, 2.05) is 7.05 Å². The Bertz CT molecular complexity index is 471. The van der Waals surface area contributed by atoms with Crippen LogP contribution in [0.5, 0.6) is 0 Å². The largest absolute Gasteiger partial charge is 0.478 e. The van der Waals surface area contributed by atoms with Crippen LogP contribution in [0, 0.1) is 11.6 Å². The lowest BCUT2D eigenvalue weighted by Crippen LogP contribution is -2.30. The van der Waals surface area contributed by atoms with Crippen LogP contribution in [0.15, 0.2) is 12.1 Å². The van der Waals surface area contributed by atoms with Crippen molar-refractivity contribution >= 4 is 11.7 Å². The van der Waals surface area contributed by atoms with Crippen molar-refractivity contribution in [2.75, 3.05) is 38.1 Å². The zero-order valence-corrected chi connectivity index (χ0v) is 10.7. The third kappa shape index (κ3) is 3.01. The first-order chi connectivity index (χ1) is 8.99. The van der Waals surface area contributed by atoms with Crippen molar-refractivity contribution in [2.45, 2.75) is 6.42 Å². The summed E-state index contributed by atoms with van der Waals surface area (Å²) in [6.07, 6.45) is 0.816. The number of carboxylic acids is 1. The minimum Gasteiger partial charge on any atom is -0.478 e. The molecule has 6 heteroatoms. The van der Waals surface area contributed by atoms with Gasteiger partial charge in [0.2, 0.25) is 0 Å². The van der Waals surface area contributed by atoms with Gasteiger partial charge in [-0.3, -0.25) is 0 Å². The molecule has 104 valence electrons. The van der Waals surface area contributed by atoms with Gasteiger partial charge in [-0.05, 0) is 32.1 Å². The van der Waals surface area contributed by atoms with E-state index in [4.69, 9.17) is 5.11 Å². The first-order valence-electron chi connectivity index (χ1n) is 6.15. The topological polar surface area (TPSA) is 43.8 Å². The third-order valence-corrected chi connectivity index (χ3v) is 3.30. The van der Waals surface area contributed by atoms with Crippen molar-refractivity contribution < 1.29 is 18.7 Å². The molecular formula is C13H16F2N2O2. The molecule has 0 radical (unpaired) electrons. The van der Waals surface area contributed by atoms with Crippen LogP contribution in [0.3, 0.4) is 0 Å². The van der Waals surface area contributed by atoms with Crippen LogP contribution in [-0.2, 0) is 0 Å². The molecule has 1 aromatic rings. The first kappa shape index (κ1) is 13.7. The Labute approximate surface area is 110 Å². The molecule has 1 saturated heterocycles. The Morgan fingerprint density at radius 2 is 1.79 bits per heavy atom. The number of hydrogen-bond acceptors (Lipinski definition) is 3. The molecule has 1 aliphatic rings. The van der Waals surface area contributed by atoms with E-state index >= 15 is 0 Å². The molecule has 0 spiro atoms. The number of carbonyl (C=O) groups is 1. The highest BCUT2D eigenvalue weighted by molar-refractivity contribution is 5.88. The van der Waals surface area contributed by atoms with Crippen LogP contribution in [0.2, 0.25) is 0 Å². The maximum absolute atomic E-state index is 13.9. The molecule has 1 fully saturated rings. The summed E-state index contributed by atoms with van der Waals surface area (Å²) in [5.41, 5.74) is -0.494. The second-order valence-electron chi connectivity index (χ2n) is 4.74. The molecule has 0 unspecified atom stereocenters. The molecule has 0 amide bonds. The van der Waals surface area contributed by atoms with Gasteiger partial charge >= 0.3 is 5.97 Å². The van der Waals surface area contributed by atoms with E-state index < -0.39 is 17.6 Å². The Morgan fingerprint density at radius 3 is 2.37 bits per heavy atom. The van der Waals surface area contributed by atoms with E-state index in [0.717, 1.165) is 31.6 Å². The highest BCUT2D eigenvalue weighted by atomic mass is 19.1. The zero-order chi connectivity index (χ0) is 14.0. The molecule has 0 aromatic heterocycles. The number of halogens is 2. The summed E-state index contributed by atoms with van der Waals surface area (Å²) >= 11 is 0. The second-order valence-corrected chi connectivity index (χ2v) is 4.74. The first-order valence-corrected chi connectivity index (χ1v) is 6.15. The quantitative estimate of drug-likeness (QED) is 0.890. The Morgan fingerprint density at radius 1 is 1.16 bits per heavy atom. The number of aromatic carboxylic acids is 1. The van der Waals surface area contributed by atoms with Crippen molar-refractivity contribution in [3.05, 3.63) is 29.3 Å². The molecule has 4 nitrogen and oxygen atoms in total. The van der Waals surface area contributed by atoms with E-state index in [1.54, 1.807) is 4.90 Å². The fraction of sp³-hybridized carbons (Fsp3) is 0.462.